The quantitative estimate of drug-likeness (QED) is 0.674. The second kappa shape index (κ2) is 8.31. The first-order valence-corrected chi connectivity index (χ1v) is 9.79. The van der Waals surface area contributed by atoms with Gasteiger partial charge in [-0.3, -0.25) is 0 Å². The third-order valence-electron chi connectivity index (χ3n) is 6.25. The molecular weight excluding hydrogens is 354 g/mol. The Balaban J connectivity index is 2.05. The number of hydrogen-bond acceptors (Lipinski definition) is 4. The lowest BCUT2D eigenvalue weighted by Crippen LogP contribution is -2.51. The van der Waals surface area contributed by atoms with E-state index in [1.54, 1.807) is 28.4 Å². The third-order valence-corrected chi connectivity index (χ3v) is 6.25. The Kier molecular flexibility index (Phi) is 6.04. The van der Waals surface area contributed by atoms with Crippen LogP contribution in [-0.2, 0) is 12.8 Å². The highest BCUT2D eigenvalue weighted by Crippen LogP contribution is 2.42. The number of nitrogens with zero attached hydrogens (tertiary/aromatic N) is 1. The molecule has 0 amide bonds. The number of quaternary nitrogens is 1. The van der Waals surface area contributed by atoms with Crippen LogP contribution in [0.2, 0.25) is 0 Å². The number of rotatable bonds is 7. The minimum Gasteiger partial charge on any atom is -0.493 e. The first-order valence-electron chi connectivity index (χ1n) is 9.79. The van der Waals surface area contributed by atoms with Crippen molar-refractivity contribution in [2.24, 2.45) is 0 Å². The van der Waals surface area contributed by atoms with E-state index in [1.165, 1.54) is 16.7 Å². The van der Waals surface area contributed by atoms with Crippen LogP contribution in [0.15, 0.2) is 30.3 Å². The lowest BCUT2D eigenvalue weighted by Gasteiger charge is -2.45. The fourth-order valence-corrected chi connectivity index (χ4v) is 4.27. The topological polar surface area (TPSA) is 36.9 Å². The molecular formula is C23H32NO4+. The predicted molar refractivity (Wildman–Crippen MR) is 111 cm³/mol. The van der Waals surface area contributed by atoms with Gasteiger partial charge in [-0.15, -0.1) is 0 Å². The van der Waals surface area contributed by atoms with Gasteiger partial charge in [0.25, 0.3) is 0 Å². The van der Waals surface area contributed by atoms with E-state index in [4.69, 9.17) is 18.9 Å². The molecule has 5 heteroatoms. The molecule has 1 aliphatic heterocycles. The van der Waals surface area contributed by atoms with Crippen molar-refractivity contribution in [1.29, 1.82) is 0 Å². The van der Waals surface area contributed by atoms with Gasteiger partial charge in [-0.2, -0.15) is 0 Å². The maximum absolute atomic E-state index is 5.60. The molecule has 152 valence electrons. The second-order valence-corrected chi connectivity index (χ2v) is 7.58. The van der Waals surface area contributed by atoms with Crippen LogP contribution < -0.4 is 18.9 Å². The summed E-state index contributed by atoms with van der Waals surface area (Å²) >= 11 is 0. The van der Waals surface area contributed by atoms with E-state index in [1.807, 2.05) is 6.07 Å². The standard InChI is InChI=1S/C23H32NO4/c1-7-24(2)11-10-17-14-22(27-5)23(28-6)15-18(17)19(24)12-16-8-9-20(25-3)21(13-16)26-4/h8-9,13-15,19H,7,10-12H2,1-6H3/q+1/t19-,24+/m1/s1. The average Bonchev–Trinajstić information content (AvgIpc) is 2.74. The zero-order valence-electron chi connectivity index (χ0n) is 17.9. The van der Waals surface area contributed by atoms with Crippen molar-refractivity contribution in [3.05, 3.63) is 47.0 Å². The summed E-state index contributed by atoms with van der Waals surface area (Å²) in [7, 11) is 9.09. The van der Waals surface area contributed by atoms with Gasteiger partial charge in [0.05, 0.1) is 48.6 Å². The van der Waals surface area contributed by atoms with Gasteiger partial charge in [0, 0.05) is 18.4 Å². The van der Waals surface area contributed by atoms with E-state index in [-0.39, 0.29) is 0 Å². The number of likely N-dealkylation sites (N-methyl/N-ethyl adjacent to an activating group) is 1. The molecule has 0 fully saturated rings. The molecule has 2 aromatic rings. The van der Waals surface area contributed by atoms with E-state index in [0.717, 1.165) is 53.4 Å². The number of methoxy groups -OCH3 is 4. The molecule has 0 saturated heterocycles. The molecule has 0 N–H and O–H groups in total. The first-order chi connectivity index (χ1) is 13.5. The van der Waals surface area contributed by atoms with Gasteiger partial charge in [-0.05, 0) is 42.3 Å². The highest BCUT2D eigenvalue weighted by Gasteiger charge is 2.38. The number of benzene rings is 2. The van der Waals surface area contributed by atoms with Crippen molar-refractivity contribution >= 4 is 0 Å². The number of ether oxygens (including phenoxy) is 4. The van der Waals surface area contributed by atoms with Crippen LogP contribution in [0.3, 0.4) is 0 Å². The van der Waals surface area contributed by atoms with Gasteiger partial charge in [0.2, 0.25) is 0 Å². The van der Waals surface area contributed by atoms with Gasteiger partial charge in [0.15, 0.2) is 23.0 Å². The largest absolute Gasteiger partial charge is 0.493 e. The van der Waals surface area contributed by atoms with E-state index in [9.17, 15) is 0 Å². The number of hydrogen-bond donors (Lipinski definition) is 0. The van der Waals surface area contributed by atoms with Crippen LogP contribution in [0, 0.1) is 0 Å². The van der Waals surface area contributed by atoms with Gasteiger partial charge in [-0.25, -0.2) is 0 Å². The minimum atomic E-state index is 0.339. The van der Waals surface area contributed by atoms with E-state index in [2.05, 4.69) is 38.2 Å². The summed E-state index contributed by atoms with van der Waals surface area (Å²) < 4.78 is 23.0. The normalized spacial score (nSPS) is 21.0. The third kappa shape index (κ3) is 3.63. The molecule has 0 spiro atoms. The van der Waals surface area contributed by atoms with Crippen LogP contribution >= 0.6 is 0 Å². The molecule has 0 radical (unpaired) electrons. The maximum Gasteiger partial charge on any atom is 0.161 e. The number of fused-ring (bicyclic) bond motifs is 1. The fraction of sp³-hybridized carbons (Fsp3) is 0.478. The van der Waals surface area contributed by atoms with Crippen molar-refractivity contribution in [3.63, 3.8) is 0 Å². The maximum atomic E-state index is 5.60. The van der Waals surface area contributed by atoms with Crippen LogP contribution in [0.5, 0.6) is 23.0 Å². The Morgan fingerprint density at radius 3 is 2.07 bits per heavy atom. The molecule has 0 aromatic heterocycles. The molecule has 3 rings (SSSR count). The summed E-state index contributed by atoms with van der Waals surface area (Å²) in [5, 5.41) is 0. The SMILES string of the molecule is CC[N@@+]1(C)CCc2cc(OC)c(OC)cc2[C@H]1Cc1ccc(OC)c(OC)c1. The monoisotopic (exact) mass is 386 g/mol. The van der Waals surface area contributed by atoms with Crippen LogP contribution in [0.1, 0.15) is 29.7 Å². The van der Waals surface area contributed by atoms with Crippen LogP contribution in [-0.4, -0.2) is 53.1 Å². The smallest absolute Gasteiger partial charge is 0.161 e. The molecule has 0 saturated carbocycles. The molecule has 1 aliphatic rings. The molecule has 0 aliphatic carbocycles. The Morgan fingerprint density at radius 1 is 0.857 bits per heavy atom. The minimum absolute atomic E-state index is 0.339. The van der Waals surface area contributed by atoms with Crippen LogP contribution in [0.4, 0.5) is 0 Å². The molecule has 1 heterocycles. The van der Waals surface area contributed by atoms with Crippen molar-refractivity contribution in [2.45, 2.75) is 25.8 Å². The van der Waals surface area contributed by atoms with Gasteiger partial charge in [0.1, 0.15) is 6.04 Å². The first kappa shape index (κ1) is 20.3. The summed E-state index contributed by atoms with van der Waals surface area (Å²) in [6, 6.07) is 10.9. The van der Waals surface area contributed by atoms with Gasteiger partial charge >= 0.3 is 0 Å². The fourth-order valence-electron chi connectivity index (χ4n) is 4.27. The summed E-state index contributed by atoms with van der Waals surface area (Å²) in [6.45, 7) is 4.45. The zero-order valence-corrected chi connectivity index (χ0v) is 17.9. The van der Waals surface area contributed by atoms with Crippen molar-refractivity contribution in [3.8, 4) is 23.0 Å². The Morgan fingerprint density at radius 2 is 1.46 bits per heavy atom. The van der Waals surface area contributed by atoms with Gasteiger partial charge in [-0.1, -0.05) is 6.07 Å². The van der Waals surface area contributed by atoms with Crippen molar-refractivity contribution in [1.82, 2.24) is 0 Å². The lowest BCUT2D eigenvalue weighted by molar-refractivity contribution is -0.939. The molecule has 28 heavy (non-hydrogen) atoms. The van der Waals surface area contributed by atoms with E-state index >= 15 is 0 Å². The molecule has 2 aromatic carbocycles. The Labute approximate surface area is 168 Å². The van der Waals surface area contributed by atoms with Gasteiger partial charge < -0.3 is 23.4 Å². The average molecular weight is 387 g/mol. The highest BCUT2D eigenvalue weighted by atomic mass is 16.5. The lowest BCUT2D eigenvalue weighted by atomic mass is 9.86. The van der Waals surface area contributed by atoms with Crippen molar-refractivity contribution in [2.75, 3.05) is 48.6 Å². The summed E-state index contributed by atoms with van der Waals surface area (Å²) in [5.41, 5.74) is 3.94. The van der Waals surface area contributed by atoms with Crippen molar-refractivity contribution < 1.29 is 23.4 Å². The van der Waals surface area contributed by atoms with E-state index < -0.39 is 0 Å². The zero-order chi connectivity index (χ0) is 20.3. The van der Waals surface area contributed by atoms with Crippen LogP contribution in [0.25, 0.3) is 0 Å². The molecule has 0 unspecified atom stereocenters. The summed E-state index contributed by atoms with van der Waals surface area (Å²) in [4.78, 5) is 0. The molecule has 5 nitrogen and oxygen atoms in total. The molecule has 2 atom stereocenters. The summed E-state index contributed by atoms with van der Waals surface area (Å²) in [6.07, 6.45) is 1.97. The Hall–Kier alpha value is -2.40. The van der Waals surface area contributed by atoms with E-state index in [0.29, 0.717) is 6.04 Å². The predicted octanol–water partition coefficient (Wildman–Crippen LogP) is 4.03. The Bertz CT molecular complexity index is 836. The second-order valence-electron chi connectivity index (χ2n) is 7.58. The summed E-state index contributed by atoms with van der Waals surface area (Å²) in [5.74, 6) is 3.13. The molecule has 0 bridgehead atoms. The highest BCUT2D eigenvalue weighted by molar-refractivity contribution is 5.50.